The molecule has 27 heavy (non-hydrogen) atoms. The van der Waals surface area contributed by atoms with Gasteiger partial charge in [-0.1, -0.05) is 12.1 Å². The van der Waals surface area contributed by atoms with Crippen molar-refractivity contribution in [1.29, 1.82) is 0 Å². The summed E-state index contributed by atoms with van der Waals surface area (Å²) < 4.78 is 10.6. The van der Waals surface area contributed by atoms with E-state index < -0.39 is 0 Å². The van der Waals surface area contributed by atoms with Crippen molar-refractivity contribution < 1.29 is 19.4 Å². The van der Waals surface area contributed by atoms with Gasteiger partial charge in [0.05, 0.1) is 25.3 Å². The molecule has 7 nitrogen and oxygen atoms in total. The maximum Gasteiger partial charge on any atom is 0.248 e. The summed E-state index contributed by atoms with van der Waals surface area (Å²) in [7, 11) is 1.48. The van der Waals surface area contributed by atoms with Gasteiger partial charge in [-0.25, -0.2) is 4.98 Å². The zero-order chi connectivity index (χ0) is 19.1. The largest absolute Gasteiger partial charge is 0.504 e. The van der Waals surface area contributed by atoms with Gasteiger partial charge in [-0.15, -0.1) is 0 Å². The molecule has 0 aliphatic heterocycles. The first-order valence-corrected chi connectivity index (χ1v) is 8.20. The van der Waals surface area contributed by atoms with Crippen LogP contribution in [0.5, 0.6) is 17.2 Å². The number of hydrogen-bond acceptors (Lipinski definition) is 5. The Morgan fingerprint density at radius 2 is 2.19 bits per heavy atom. The smallest absolute Gasteiger partial charge is 0.248 e. The molecule has 1 amide bonds. The third-order valence-corrected chi connectivity index (χ3v) is 3.68. The molecule has 7 heteroatoms. The van der Waals surface area contributed by atoms with E-state index in [0.29, 0.717) is 29.4 Å². The van der Waals surface area contributed by atoms with Crippen molar-refractivity contribution in [1.82, 2.24) is 9.97 Å². The van der Waals surface area contributed by atoms with E-state index in [2.05, 4.69) is 15.3 Å². The van der Waals surface area contributed by atoms with E-state index in [1.54, 1.807) is 48.9 Å². The zero-order valence-electron chi connectivity index (χ0n) is 14.7. The van der Waals surface area contributed by atoms with Crippen LogP contribution >= 0.6 is 0 Å². The average Bonchev–Trinajstić information content (AvgIpc) is 3.19. The summed E-state index contributed by atoms with van der Waals surface area (Å²) in [6.07, 6.45) is 6.27. The minimum Gasteiger partial charge on any atom is -0.504 e. The summed E-state index contributed by atoms with van der Waals surface area (Å²) in [5.41, 5.74) is 2.15. The molecule has 0 atom stereocenters. The van der Waals surface area contributed by atoms with Gasteiger partial charge in [0, 0.05) is 17.8 Å². The third-order valence-electron chi connectivity index (χ3n) is 3.68. The van der Waals surface area contributed by atoms with Crippen LogP contribution in [-0.4, -0.2) is 28.1 Å². The first-order valence-electron chi connectivity index (χ1n) is 8.20. The summed E-state index contributed by atoms with van der Waals surface area (Å²) in [6.45, 7) is 0.359. The Balaban J connectivity index is 1.58. The molecular weight excluding hydrogens is 346 g/mol. The lowest BCUT2D eigenvalue weighted by Crippen LogP contribution is -2.07. The van der Waals surface area contributed by atoms with E-state index in [9.17, 15) is 9.90 Å². The summed E-state index contributed by atoms with van der Waals surface area (Å²) in [5, 5.41) is 12.5. The number of carbonyl (C=O) groups excluding carboxylic acids is 1. The highest BCUT2D eigenvalue weighted by atomic mass is 16.5. The molecule has 2 aromatic carbocycles. The van der Waals surface area contributed by atoms with Crippen LogP contribution in [0, 0.1) is 0 Å². The van der Waals surface area contributed by atoms with Crippen LogP contribution in [0.1, 0.15) is 11.3 Å². The summed E-state index contributed by atoms with van der Waals surface area (Å²) in [4.78, 5) is 19.0. The molecule has 0 saturated carbocycles. The van der Waals surface area contributed by atoms with Crippen molar-refractivity contribution in [3.63, 3.8) is 0 Å². The predicted octanol–water partition coefficient (Wildman–Crippen LogP) is 3.35. The van der Waals surface area contributed by atoms with Crippen molar-refractivity contribution in [2.45, 2.75) is 6.61 Å². The molecule has 0 fully saturated rings. The number of aromatic amines is 1. The number of rotatable bonds is 7. The number of imidazole rings is 1. The molecule has 0 bridgehead atoms. The summed E-state index contributed by atoms with van der Waals surface area (Å²) in [6, 6.07) is 12.0. The van der Waals surface area contributed by atoms with Gasteiger partial charge < -0.3 is 24.9 Å². The topological polar surface area (TPSA) is 96.5 Å². The number of phenols is 1. The SMILES string of the molecule is COc1ccc(/C=C/C(=O)Nc2cccc(OCc3cnc[nH]3)c2)cc1O. The van der Waals surface area contributed by atoms with Crippen LogP contribution in [-0.2, 0) is 11.4 Å². The molecule has 0 radical (unpaired) electrons. The average molecular weight is 365 g/mol. The first-order chi connectivity index (χ1) is 13.1. The molecule has 1 aromatic heterocycles. The number of H-pyrrole nitrogens is 1. The Morgan fingerprint density at radius 3 is 2.93 bits per heavy atom. The minimum atomic E-state index is -0.295. The Labute approximate surface area is 156 Å². The lowest BCUT2D eigenvalue weighted by Gasteiger charge is -2.07. The van der Waals surface area contributed by atoms with Crippen LogP contribution in [0.15, 0.2) is 61.1 Å². The molecule has 0 aliphatic carbocycles. The van der Waals surface area contributed by atoms with Gasteiger partial charge in [-0.3, -0.25) is 4.79 Å². The van der Waals surface area contributed by atoms with Gasteiger partial charge in [0.25, 0.3) is 0 Å². The molecular formula is C20H19N3O4. The number of nitrogens with one attached hydrogen (secondary N) is 2. The number of aromatic hydroxyl groups is 1. The Bertz CT molecular complexity index is 936. The number of nitrogens with zero attached hydrogens (tertiary/aromatic N) is 1. The molecule has 3 N–H and O–H groups in total. The van der Waals surface area contributed by atoms with Crippen LogP contribution in [0.25, 0.3) is 6.08 Å². The quantitative estimate of drug-likeness (QED) is 0.558. The lowest BCUT2D eigenvalue weighted by atomic mass is 10.2. The standard InChI is InChI=1S/C20H19N3O4/c1-26-19-7-5-14(9-18(19)24)6-8-20(25)23-15-3-2-4-17(10-15)27-12-16-11-21-13-22-16/h2-11,13,24H,12H2,1H3,(H,21,22)(H,23,25)/b8-6+. The van der Waals surface area contributed by atoms with Crippen LogP contribution in [0.2, 0.25) is 0 Å². The maximum atomic E-state index is 12.1. The Kier molecular flexibility index (Phi) is 5.73. The number of phenolic OH excluding ortho intramolecular Hbond substituents is 1. The van der Waals surface area contributed by atoms with Gasteiger partial charge in [0.2, 0.25) is 5.91 Å². The van der Waals surface area contributed by atoms with E-state index in [0.717, 1.165) is 5.69 Å². The molecule has 0 spiro atoms. The van der Waals surface area contributed by atoms with Crippen molar-refractivity contribution in [3.8, 4) is 17.2 Å². The number of benzene rings is 2. The highest BCUT2D eigenvalue weighted by Crippen LogP contribution is 2.26. The Morgan fingerprint density at radius 1 is 1.30 bits per heavy atom. The minimum absolute atomic E-state index is 0.0159. The maximum absolute atomic E-state index is 12.1. The van der Waals surface area contributed by atoms with Crippen LogP contribution in [0.4, 0.5) is 5.69 Å². The summed E-state index contributed by atoms with van der Waals surface area (Å²) in [5.74, 6) is 0.730. The predicted molar refractivity (Wildman–Crippen MR) is 102 cm³/mol. The number of amides is 1. The van der Waals surface area contributed by atoms with E-state index in [1.165, 1.54) is 19.3 Å². The molecule has 0 unspecified atom stereocenters. The van der Waals surface area contributed by atoms with E-state index in [-0.39, 0.29) is 11.7 Å². The van der Waals surface area contributed by atoms with Gasteiger partial charge in [-0.05, 0) is 35.9 Å². The van der Waals surface area contributed by atoms with Crippen molar-refractivity contribution in [3.05, 3.63) is 72.3 Å². The molecule has 1 heterocycles. The first kappa shape index (κ1) is 18.1. The fourth-order valence-corrected chi connectivity index (χ4v) is 2.35. The number of hydrogen-bond donors (Lipinski definition) is 3. The highest BCUT2D eigenvalue weighted by molar-refractivity contribution is 6.02. The molecule has 0 aliphatic rings. The highest BCUT2D eigenvalue weighted by Gasteiger charge is 2.03. The van der Waals surface area contributed by atoms with Gasteiger partial charge in [0.1, 0.15) is 12.4 Å². The van der Waals surface area contributed by atoms with E-state index >= 15 is 0 Å². The second kappa shape index (κ2) is 8.57. The third kappa shape index (κ3) is 5.12. The molecule has 138 valence electrons. The fraction of sp³-hybridized carbons (Fsp3) is 0.100. The van der Waals surface area contributed by atoms with Crippen molar-refractivity contribution >= 4 is 17.7 Å². The fourth-order valence-electron chi connectivity index (χ4n) is 2.35. The number of methoxy groups -OCH3 is 1. The zero-order valence-corrected chi connectivity index (χ0v) is 14.7. The molecule has 3 rings (SSSR count). The van der Waals surface area contributed by atoms with Gasteiger partial charge in [-0.2, -0.15) is 0 Å². The van der Waals surface area contributed by atoms with E-state index in [1.807, 2.05) is 6.07 Å². The second-order valence-electron chi connectivity index (χ2n) is 5.65. The Hall–Kier alpha value is -3.74. The summed E-state index contributed by atoms with van der Waals surface area (Å²) >= 11 is 0. The second-order valence-corrected chi connectivity index (χ2v) is 5.65. The number of carbonyl (C=O) groups is 1. The van der Waals surface area contributed by atoms with E-state index in [4.69, 9.17) is 9.47 Å². The van der Waals surface area contributed by atoms with Crippen molar-refractivity contribution in [2.24, 2.45) is 0 Å². The lowest BCUT2D eigenvalue weighted by molar-refractivity contribution is -0.111. The van der Waals surface area contributed by atoms with Crippen LogP contribution in [0.3, 0.4) is 0 Å². The van der Waals surface area contributed by atoms with Crippen molar-refractivity contribution in [2.75, 3.05) is 12.4 Å². The molecule has 3 aromatic rings. The van der Waals surface area contributed by atoms with Crippen LogP contribution < -0.4 is 14.8 Å². The van der Waals surface area contributed by atoms with Gasteiger partial charge in [0.15, 0.2) is 11.5 Å². The normalized spacial score (nSPS) is 10.7. The number of ether oxygens (including phenoxy) is 2. The number of anilines is 1. The number of aromatic nitrogens is 2. The monoisotopic (exact) mass is 365 g/mol. The van der Waals surface area contributed by atoms with Gasteiger partial charge >= 0.3 is 0 Å². The molecule has 0 saturated heterocycles.